The number of nitro groups is 1. The summed E-state index contributed by atoms with van der Waals surface area (Å²) in [5.41, 5.74) is -1.80. The molecule has 1 unspecified atom stereocenters. The van der Waals surface area contributed by atoms with E-state index in [4.69, 9.17) is 0 Å². The van der Waals surface area contributed by atoms with Gasteiger partial charge in [-0.3, -0.25) is 14.9 Å². The molecule has 2 N–H and O–H groups in total. The molecule has 1 heterocycles. The van der Waals surface area contributed by atoms with Crippen molar-refractivity contribution in [3.8, 4) is 0 Å². The number of nitro benzene ring substituents is 1. The Morgan fingerprint density at radius 1 is 1.45 bits per heavy atom. The zero-order valence-corrected chi connectivity index (χ0v) is 10.7. The topological polar surface area (TPSA) is 84.3 Å². The molecule has 6 nitrogen and oxygen atoms in total. The van der Waals surface area contributed by atoms with Crippen molar-refractivity contribution in [3.63, 3.8) is 0 Å². The van der Waals surface area contributed by atoms with Crippen LogP contribution in [0, 0.1) is 21.7 Å². The van der Waals surface area contributed by atoms with E-state index in [1.165, 1.54) is 0 Å². The van der Waals surface area contributed by atoms with Gasteiger partial charge >= 0.3 is 0 Å². The van der Waals surface area contributed by atoms with Crippen molar-refractivity contribution in [2.75, 3.05) is 13.1 Å². The van der Waals surface area contributed by atoms with Gasteiger partial charge in [0.1, 0.15) is 5.56 Å². The quantitative estimate of drug-likeness (QED) is 0.648. The van der Waals surface area contributed by atoms with E-state index in [0.717, 1.165) is 0 Å². The number of carbonyl (C=O) groups excluding carboxylic acids is 1. The van der Waals surface area contributed by atoms with Crippen molar-refractivity contribution in [1.82, 2.24) is 10.6 Å². The fraction of sp³-hybridized carbons (Fsp3) is 0.417. The summed E-state index contributed by atoms with van der Waals surface area (Å²) in [7, 11) is 0. The molecule has 1 aliphatic rings. The fourth-order valence-electron chi connectivity index (χ4n) is 2.13. The maximum Gasteiger partial charge on any atom is 0.285 e. The minimum Gasteiger partial charge on any atom is -0.345 e. The molecule has 0 radical (unpaired) electrons. The summed E-state index contributed by atoms with van der Waals surface area (Å²) >= 11 is 0. The first-order valence-electron chi connectivity index (χ1n) is 5.99. The lowest BCUT2D eigenvalue weighted by Gasteiger charge is -2.24. The highest BCUT2D eigenvalue weighted by atomic mass is 19.2. The SMILES string of the molecule is CC1(NC(=O)c2cc(F)c(F)cc2[N+](=O)[O-])CCNC1. The standard InChI is InChI=1S/C12H13F2N3O3/c1-12(2-3-15-6-12)16-11(18)7-4-8(13)9(14)5-10(7)17(19)20/h4-5,15H,2-3,6H2,1H3,(H,16,18). The monoisotopic (exact) mass is 285 g/mol. The third kappa shape index (κ3) is 2.74. The summed E-state index contributed by atoms with van der Waals surface area (Å²) in [5, 5.41) is 16.5. The van der Waals surface area contributed by atoms with E-state index in [-0.39, 0.29) is 0 Å². The second-order valence-corrected chi connectivity index (χ2v) is 4.98. The van der Waals surface area contributed by atoms with E-state index in [0.29, 0.717) is 31.6 Å². The van der Waals surface area contributed by atoms with Crippen molar-refractivity contribution in [2.24, 2.45) is 0 Å². The number of nitrogens with zero attached hydrogens (tertiary/aromatic N) is 1. The van der Waals surface area contributed by atoms with Crippen LogP contribution >= 0.6 is 0 Å². The van der Waals surface area contributed by atoms with E-state index in [2.05, 4.69) is 10.6 Å². The molecule has 1 aromatic carbocycles. The summed E-state index contributed by atoms with van der Waals surface area (Å²) in [6.07, 6.45) is 0.649. The van der Waals surface area contributed by atoms with Gasteiger partial charge in [-0.15, -0.1) is 0 Å². The van der Waals surface area contributed by atoms with Gasteiger partial charge in [0.2, 0.25) is 0 Å². The van der Waals surface area contributed by atoms with Gasteiger partial charge in [-0.05, 0) is 26.0 Å². The largest absolute Gasteiger partial charge is 0.345 e. The second kappa shape index (κ2) is 5.12. The molecule has 1 fully saturated rings. The molecule has 2 rings (SSSR count). The summed E-state index contributed by atoms with van der Waals surface area (Å²) in [4.78, 5) is 22.0. The van der Waals surface area contributed by atoms with Gasteiger partial charge < -0.3 is 10.6 Å². The lowest BCUT2D eigenvalue weighted by Crippen LogP contribution is -2.47. The molecular formula is C12H13F2N3O3. The molecule has 1 saturated heterocycles. The van der Waals surface area contributed by atoms with Crippen LogP contribution in [0.5, 0.6) is 0 Å². The minimum absolute atomic E-state index is 0.416. The Morgan fingerprint density at radius 3 is 2.65 bits per heavy atom. The molecule has 1 amide bonds. The summed E-state index contributed by atoms with van der Waals surface area (Å²) in [6, 6.07) is 0.966. The number of amides is 1. The van der Waals surface area contributed by atoms with Gasteiger partial charge in [0.25, 0.3) is 11.6 Å². The van der Waals surface area contributed by atoms with Crippen molar-refractivity contribution in [3.05, 3.63) is 39.4 Å². The van der Waals surface area contributed by atoms with Crippen LogP contribution in [0.2, 0.25) is 0 Å². The van der Waals surface area contributed by atoms with Gasteiger partial charge in [0.05, 0.1) is 16.5 Å². The maximum absolute atomic E-state index is 13.2. The summed E-state index contributed by atoms with van der Waals surface area (Å²) < 4.78 is 26.2. The van der Waals surface area contributed by atoms with Crippen LogP contribution in [0.15, 0.2) is 12.1 Å². The number of nitrogens with one attached hydrogen (secondary N) is 2. The van der Waals surface area contributed by atoms with Gasteiger partial charge in [-0.1, -0.05) is 0 Å². The average molecular weight is 285 g/mol. The van der Waals surface area contributed by atoms with Gasteiger partial charge in [0, 0.05) is 6.54 Å². The molecule has 20 heavy (non-hydrogen) atoms. The fourth-order valence-corrected chi connectivity index (χ4v) is 2.13. The first-order chi connectivity index (χ1) is 9.32. The number of rotatable bonds is 3. The van der Waals surface area contributed by atoms with Gasteiger partial charge in [0.15, 0.2) is 11.6 Å². The molecular weight excluding hydrogens is 272 g/mol. The number of carbonyl (C=O) groups is 1. The zero-order valence-electron chi connectivity index (χ0n) is 10.7. The molecule has 0 aromatic heterocycles. The molecule has 1 aromatic rings. The van der Waals surface area contributed by atoms with Crippen LogP contribution < -0.4 is 10.6 Å². The van der Waals surface area contributed by atoms with Crippen molar-refractivity contribution < 1.29 is 18.5 Å². The van der Waals surface area contributed by atoms with Crippen LogP contribution in [-0.2, 0) is 0 Å². The maximum atomic E-state index is 13.2. The summed E-state index contributed by atoms with van der Waals surface area (Å²) in [5.74, 6) is -3.45. The average Bonchev–Trinajstić information content (AvgIpc) is 2.78. The van der Waals surface area contributed by atoms with E-state index >= 15 is 0 Å². The predicted octanol–water partition coefficient (Wildman–Crippen LogP) is 1.35. The third-order valence-electron chi connectivity index (χ3n) is 3.26. The summed E-state index contributed by atoms with van der Waals surface area (Å²) in [6.45, 7) is 2.99. The Bertz CT molecular complexity index is 571. The van der Waals surface area contributed by atoms with E-state index < -0.39 is 39.3 Å². The Labute approximate surface area is 113 Å². The number of hydrogen-bond donors (Lipinski definition) is 2. The van der Waals surface area contributed by atoms with Gasteiger partial charge in [-0.25, -0.2) is 8.78 Å². The van der Waals surface area contributed by atoms with E-state index in [1.54, 1.807) is 6.92 Å². The smallest absolute Gasteiger partial charge is 0.285 e. The Kier molecular flexibility index (Phi) is 3.67. The zero-order chi connectivity index (χ0) is 14.9. The highest BCUT2D eigenvalue weighted by Gasteiger charge is 2.33. The van der Waals surface area contributed by atoms with Crippen LogP contribution in [0.25, 0.3) is 0 Å². The lowest BCUT2D eigenvalue weighted by atomic mass is 10.0. The van der Waals surface area contributed by atoms with Crippen molar-refractivity contribution in [1.29, 1.82) is 0 Å². The Balaban J connectivity index is 2.33. The van der Waals surface area contributed by atoms with Crippen LogP contribution in [0.3, 0.4) is 0 Å². The van der Waals surface area contributed by atoms with Gasteiger partial charge in [-0.2, -0.15) is 0 Å². The predicted molar refractivity (Wildman–Crippen MR) is 66.4 cm³/mol. The molecule has 1 aliphatic heterocycles. The van der Waals surface area contributed by atoms with Crippen molar-refractivity contribution >= 4 is 11.6 Å². The Morgan fingerprint density at radius 2 is 2.10 bits per heavy atom. The lowest BCUT2D eigenvalue weighted by molar-refractivity contribution is -0.385. The third-order valence-corrected chi connectivity index (χ3v) is 3.26. The highest BCUT2D eigenvalue weighted by Crippen LogP contribution is 2.23. The first-order valence-corrected chi connectivity index (χ1v) is 5.99. The normalized spacial score (nSPS) is 21.8. The van der Waals surface area contributed by atoms with Crippen molar-refractivity contribution in [2.45, 2.75) is 18.9 Å². The van der Waals surface area contributed by atoms with Crippen LogP contribution in [0.4, 0.5) is 14.5 Å². The number of hydrogen-bond acceptors (Lipinski definition) is 4. The molecule has 0 spiro atoms. The molecule has 0 bridgehead atoms. The van der Waals surface area contributed by atoms with Crippen LogP contribution in [0.1, 0.15) is 23.7 Å². The van der Waals surface area contributed by atoms with E-state index in [9.17, 15) is 23.7 Å². The number of halogens is 2. The Hall–Kier alpha value is -2.09. The van der Waals surface area contributed by atoms with Crippen LogP contribution in [-0.4, -0.2) is 29.5 Å². The van der Waals surface area contributed by atoms with E-state index in [1.807, 2.05) is 0 Å². The minimum atomic E-state index is -1.36. The molecule has 0 aliphatic carbocycles. The highest BCUT2D eigenvalue weighted by molar-refractivity contribution is 5.98. The molecule has 0 saturated carbocycles. The molecule has 8 heteroatoms. The molecule has 1 atom stereocenters. The molecule has 108 valence electrons. The second-order valence-electron chi connectivity index (χ2n) is 4.98. The first kappa shape index (κ1) is 14.3. The number of benzene rings is 1.